The van der Waals surface area contributed by atoms with E-state index in [2.05, 4.69) is 20.4 Å². The number of phenols is 1. The van der Waals surface area contributed by atoms with Crippen molar-refractivity contribution in [3.05, 3.63) is 46.6 Å². The molecule has 0 spiro atoms. The molecule has 1 fully saturated rings. The molecular formula is C25H34N6O2. The van der Waals surface area contributed by atoms with Crippen LogP contribution >= 0.6 is 0 Å². The van der Waals surface area contributed by atoms with Gasteiger partial charge in [0.25, 0.3) is 5.56 Å². The predicted molar refractivity (Wildman–Crippen MR) is 134 cm³/mol. The third-order valence-electron chi connectivity index (χ3n) is 5.74. The van der Waals surface area contributed by atoms with Crippen molar-refractivity contribution >= 4 is 21.8 Å². The van der Waals surface area contributed by atoms with Crippen molar-refractivity contribution in [1.29, 1.82) is 0 Å². The first kappa shape index (κ1) is 24.4. The molecule has 0 unspecified atom stereocenters. The number of pyridine rings is 1. The average Bonchev–Trinajstić information content (AvgIpc) is 3.25. The fourth-order valence-electron chi connectivity index (χ4n) is 4.16. The van der Waals surface area contributed by atoms with Gasteiger partial charge in [-0.05, 0) is 45.0 Å². The van der Waals surface area contributed by atoms with E-state index in [1.54, 1.807) is 15.4 Å². The van der Waals surface area contributed by atoms with Gasteiger partial charge in [0.2, 0.25) is 0 Å². The normalized spacial score (nSPS) is 13.9. The van der Waals surface area contributed by atoms with Crippen molar-refractivity contribution in [1.82, 2.24) is 29.6 Å². The van der Waals surface area contributed by atoms with Crippen LogP contribution in [0.3, 0.4) is 0 Å². The molecule has 33 heavy (non-hydrogen) atoms. The van der Waals surface area contributed by atoms with Gasteiger partial charge in [-0.25, -0.2) is 9.97 Å². The summed E-state index contributed by atoms with van der Waals surface area (Å²) >= 11 is 0. The monoisotopic (exact) mass is 450 g/mol. The summed E-state index contributed by atoms with van der Waals surface area (Å²) in [6.07, 6.45) is 7.15. The van der Waals surface area contributed by atoms with E-state index >= 15 is 0 Å². The second-order valence-corrected chi connectivity index (χ2v) is 7.64. The molecule has 3 aromatic heterocycles. The Morgan fingerprint density at radius 3 is 2.55 bits per heavy atom. The van der Waals surface area contributed by atoms with Crippen LogP contribution in [-0.4, -0.2) is 42.5 Å². The summed E-state index contributed by atoms with van der Waals surface area (Å²) in [6, 6.07) is 3.89. The summed E-state index contributed by atoms with van der Waals surface area (Å²) in [7, 11) is 1.84. The molecule has 1 saturated heterocycles. The van der Waals surface area contributed by atoms with Crippen LogP contribution in [-0.2, 0) is 7.05 Å². The fraction of sp³-hybridized carbons (Fsp3) is 0.440. The maximum Gasteiger partial charge on any atom is 0.261 e. The quantitative estimate of drug-likeness (QED) is 0.472. The van der Waals surface area contributed by atoms with E-state index in [0.717, 1.165) is 36.8 Å². The van der Waals surface area contributed by atoms with Crippen molar-refractivity contribution in [2.75, 3.05) is 13.1 Å². The minimum absolute atomic E-state index is 0.0657. The van der Waals surface area contributed by atoms with Crippen molar-refractivity contribution in [2.24, 2.45) is 7.05 Å². The van der Waals surface area contributed by atoms with E-state index < -0.39 is 0 Å². The van der Waals surface area contributed by atoms with E-state index in [0.29, 0.717) is 27.9 Å². The molecule has 4 heterocycles. The van der Waals surface area contributed by atoms with Gasteiger partial charge in [0, 0.05) is 42.6 Å². The first-order chi connectivity index (χ1) is 16.0. The van der Waals surface area contributed by atoms with Gasteiger partial charge in [0.1, 0.15) is 5.75 Å². The second kappa shape index (κ2) is 10.6. The number of hydrogen-bond donors (Lipinski definition) is 2. The summed E-state index contributed by atoms with van der Waals surface area (Å²) < 4.78 is 3.51. The minimum atomic E-state index is -0.0657. The highest BCUT2D eigenvalue weighted by atomic mass is 16.3. The Hall–Kier alpha value is -3.26. The molecule has 8 heteroatoms. The second-order valence-electron chi connectivity index (χ2n) is 7.64. The summed E-state index contributed by atoms with van der Waals surface area (Å²) in [5.41, 5.74) is 2.48. The minimum Gasteiger partial charge on any atom is -0.507 e. The van der Waals surface area contributed by atoms with Crippen molar-refractivity contribution in [3.63, 3.8) is 0 Å². The number of nitrogens with zero attached hydrogens (tertiary/aromatic N) is 5. The predicted octanol–water partition coefficient (Wildman–Crippen LogP) is 4.34. The first-order valence-electron chi connectivity index (χ1n) is 11.8. The number of aryl methyl sites for hydroxylation is 2. The maximum absolute atomic E-state index is 13.0. The number of piperidine rings is 1. The van der Waals surface area contributed by atoms with Crippen LogP contribution in [0.4, 0.5) is 0 Å². The Kier molecular flexibility index (Phi) is 7.81. The summed E-state index contributed by atoms with van der Waals surface area (Å²) in [6.45, 7) is 11.7. The van der Waals surface area contributed by atoms with E-state index in [9.17, 15) is 9.90 Å². The highest BCUT2D eigenvalue weighted by Crippen LogP contribution is 2.35. The fourth-order valence-corrected chi connectivity index (χ4v) is 4.16. The largest absolute Gasteiger partial charge is 0.507 e. The molecule has 8 nitrogen and oxygen atoms in total. The van der Waals surface area contributed by atoms with Crippen LogP contribution in [0.1, 0.15) is 52.1 Å². The van der Waals surface area contributed by atoms with Gasteiger partial charge in [0.15, 0.2) is 5.82 Å². The lowest BCUT2D eigenvalue weighted by atomic mass is 10.0. The Bertz CT molecular complexity index is 1300. The molecule has 1 aliphatic rings. The van der Waals surface area contributed by atoms with Gasteiger partial charge in [-0.2, -0.15) is 5.10 Å². The molecule has 1 aliphatic heterocycles. The third-order valence-corrected chi connectivity index (χ3v) is 5.74. The lowest BCUT2D eigenvalue weighted by molar-refractivity contribution is 0.362. The van der Waals surface area contributed by atoms with Gasteiger partial charge in [-0.3, -0.25) is 9.48 Å². The number of aromatic hydroxyl groups is 1. The third kappa shape index (κ3) is 4.61. The zero-order valence-electron chi connectivity index (χ0n) is 20.4. The highest BCUT2D eigenvalue weighted by molar-refractivity contribution is 5.90. The lowest BCUT2D eigenvalue weighted by Crippen LogP contribution is -2.34. The van der Waals surface area contributed by atoms with Crippen LogP contribution in [0.5, 0.6) is 5.75 Å². The topological polar surface area (TPSA) is 97.9 Å². The number of phenolic OH excluding ortho intramolecular Hbond substituents is 1. The number of nitrogens with one attached hydrogen (secondary N) is 1. The summed E-state index contributed by atoms with van der Waals surface area (Å²) in [5.74, 6) is 0.501. The number of benzene rings is 1. The zero-order valence-corrected chi connectivity index (χ0v) is 20.4. The molecule has 176 valence electrons. The van der Waals surface area contributed by atoms with E-state index in [1.165, 1.54) is 0 Å². The highest BCUT2D eigenvalue weighted by Gasteiger charge is 2.19. The molecule has 0 aliphatic carbocycles. The van der Waals surface area contributed by atoms with Crippen molar-refractivity contribution in [2.45, 2.75) is 53.5 Å². The SMILES string of the molecule is CC.CC.Cc1c(O)c(-c2ncc3c(=O)n(C4CCNCC4)ccc3n2)cc2cn(C)nc12. The Labute approximate surface area is 194 Å². The standard InChI is InChI=1S/C21H22N6O2.2C2H6/c1-12-18-13(11-26(2)25-18)9-15(19(12)28)20-23-10-16-17(24-20)5-8-27(21(16)29)14-3-6-22-7-4-14;2*1-2/h5,8-11,14,22,28H,3-4,6-7H2,1-2H3;2*1-2H3. The number of fused-ring (bicyclic) bond motifs is 2. The van der Waals surface area contributed by atoms with Crippen LogP contribution in [0.2, 0.25) is 0 Å². The number of rotatable bonds is 2. The van der Waals surface area contributed by atoms with Crippen molar-refractivity contribution in [3.8, 4) is 17.1 Å². The van der Waals surface area contributed by atoms with Gasteiger partial charge >= 0.3 is 0 Å². The summed E-state index contributed by atoms with van der Waals surface area (Å²) in [4.78, 5) is 22.0. The molecule has 0 bridgehead atoms. The number of hydrogen-bond acceptors (Lipinski definition) is 6. The lowest BCUT2D eigenvalue weighted by Gasteiger charge is -2.24. The molecule has 0 radical (unpaired) electrons. The maximum atomic E-state index is 13.0. The molecule has 4 aromatic rings. The van der Waals surface area contributed by atoms with Crippen LogP contribution in [0.25, 0.3) is 33.2 Å². The molecule has 1 aromatic carbocycles. The van der Waals surface area contributed by atoms with Crippen LogP contribution in [0.15, 0.2) is 35.5 Å². The van der Waals surface area contributed by atoms with Gasteiger partial charge in [0.05, 0.1) is 22.0 Å². The first-order valence-corrected chi connectivity index (χ1v) is 11.8. The summed E-state index contributed by atoms with van der Waals surface area (Å²) in [5, 5.41) is 19.8. The van der Waals surface area contributed by atoms with Gasteiger partial charge in [-0.15, -0.1) is 0 Å². The Morgan fingerprint density at radius 2 is 1.85 bits per heavy atom. The molecular weight excluding hydrogens is 416 g/mol. The Balaban J connectivity index is 0.000000728. The van der Waals surface area contributed by atoms with Crippen molar-refractivity contribution < 1.29 is 5.11 Å². The number of aromatic nitrogens is 5. The van der Waals surface area contributed by atoms with E-state index in [-0.39, 0.29) is 17.4 Å². The zero-order chi connectivity index (χ0) is 24.1. The van der Waals surface area contributed by atoms with Gasteiger partial charge < -0.3 is 15.0 Å². The molecule has 5 rings (SSSR count). The smallest absolute Gasteiger partial charge is 0.261 e. The van der Waals surface area contributed by atoms with Gasteiger partial charge in [-0.1, -0.05) is 27.7 Å². The Morgan fingerprint density at radius 1 is 1.15 bits per heavy atom. The van der Waals surface area contributed by atoms with Crippen LogP contribution in [0, 0.1) is 6.92 Å². The average molecular weight is 451 g/mol. The molecule has 0 saturated carbocycles. The van der Waals surface area contributed by atoms with Crippen LogP contribution < -0.4 is 10.9 Å². The molecule has 0 atom stereocenters. The van der Waals surface area contributed by atoms with E-state index in [4.69, 9.17) is 0 Å². The molecule has 2 N–H and O–H groups in total. The van der Waals surface area contributed by atoms with E-state index in [1.807, 2.05) is 66.2 Å². The molecule has 0 amide bonds.